The molecular formula is C30H42N2O5S. The number of hydrogen-bond donors (Lipinski definition) is 2. The van der Waals surface area contributed by atoms with E-state index in [2.05, 4.69) is 54.9 Å². The van der Waals surface area contributed by atoms with E-state index >= 15 is 0 Å². The summed E-state index contributed by atoms with van der Waals surface area (Å²) in [6, 6.07) is 10.3. The number of rotatable bonds is 12. The Labute approximate surface area is 230 Å². The predicted molar refractivity (Wildman–Crippen MR) is 151 cm³/mol. The molecule has 7 nitrogen and oxygen atoms in total. The molecule has 0 bridgehead atoms. The molecular weight excluding hydrogens is 500 g/mol. The highest BCUT2D eigenvalue weighted by Crippen LogP contribution is 2.34. The zero-order valence-electron chi connectivity index (χ0n) is 23.1. The molecule has 1 aliphatic heterocycles. The van der Waals surface area contributed by atoms with Crippen LogP contribution in [0.3, 0.4) is 0 Å². The standard InChI is InChI=1S/C30H42N2O5S/c1-5-7-14-30(4,28(34)31-29(35)36)19-25-18-24(20-38-25)23-10-8-22(9-11-23)17-26(37-6-2)27(33)32-15-12-21(3)13-16-32/h8-11,18,20-21,26H,5-7,12-17,19H2,1-4H3,(H,31,34)(H,35,36)/t26-,30?/m0/s1. The summed E-state index contributed by atoms with van der Waals surface area (Å²) in [5, 5.41) is 13.2. The topological polar surface area (TPSA) is 95.9 Å². The van der Waals surface area contributed by atoms with Gasteiger partial charge in [-0.3, -0.25) is 14.9 Å². The quantitative estimate of drug-likeness (QED) is 0.335. The summed E-state index contributed by atoms with van der Waals surface area (Å²) in [6.07, 6.45) is 3.75. The number of nitrogens with zero attached hydrogens (tertiary/aromatic N) is 1. The van der Waals surface area contributed by atoms with E-state index < -0.39 is 23.5 Å². The van der Waals surface area contributed by atoms with Crippen molar-refractivity contribution in [1.29, 1.82) is 0 Å². The highest BCUT2D eigenvalue weighted by atomic mass is 32.1. The van der Waals surface area contributed by atoms with Gasteiger partial charge in [-0.05, 0) is 66.7 Å². The predicted octanol–water partition coefficient (Wildman–Crippen LogP) is 6.15. The van der Waals surface area contributed by atoms with Crippen LogP contribution in [0.15, 0.2) is 35.7 Å². The highest BCUT2D eigenvalue weighted by Gasteiger charge is 2.34. The molecule has 0 saturated carbocycles. The van der Waals surface area contributed by atoms with Gasteiger partial charge in [-0.25, -0.2) is 4.79 Å². The Morgan fingerprint density at radius 3 is 2.45 bits per heavy atom. The van der Waals surface area contributed by atoms with Crippen molar-refractivity contribution in [2.45, 2.75) is 78.7 Å². The number of carboxylic acid groups (broad SMARTS) is 1. The van der Waals surface area contributed by atoms with Gasteiger partial charge in [-0.2, -0.15) is 0 Å². The monoisotopic (exact) mass is 542 g/mol. The minimum absolute atomic E-state index is 0.0864. The van der Waals surface area contributed by atoms with Gasteiger partial charge in [0.1, 0.15) is 6.10 Å². The minimum atomic E-state index is -1.32. The molecule has 38 heavy (non-hydrogen) atoms. The Morgan fingerprint density at radius 2 is 1.84 bits per heavy atom. The van der Waals surface area contributed by atoms with E-state index in [4.69, 9.17) is 9.84 Å². The van der Waals surface area contributed by atoms with E-state index in [0.29, 0.717) is 31.8 Å². The number of piperidine rings is 1. The molecule has 208 valence electrons. The summed E-state index contributed by atoms with van der Waals surface area (Å²) >= 11 is 1.58. The highest BCUT2D eigenvalue weighted by molar-refractivity contribution is 7.10. The van der Waals surface area contributed by atoms with Gasteiger partial charge in [0.25, 0.3) is 5.91 Å². The Hall–Kier alpha value is -2.71. The Balaban J connectivity index is 1.67. The van der Waals surface area contributed by atoms with Gasteiger partial charge in [0.2, 0.25) is 5.91 Å². The first-order chi connectivity index (χ1) is 18.1. The molecule has 1 aliphatic rings. The molecule has 1 fully saturated rings. The van der Waals surface area contributed by atoms with Crippen LogP contribution in [0, 0.1) is 11.3 Å². The second-order valence-electron chi connectivity index (χ2n) is 10.8. The summed E-state index contributed by atoms with van der Waals surface area (Å²) in [6.45, 7) is 10.2. The van der Waals surface area contributed by atoms with Crippen molar-refractivity contribution < 1.29 is 24.2 Å². The fraction of sp³-hybridized carbons (Fsp3) is 0.567. The molecule has 8 heteroatoms. The van der Waals surface area contributed by atoms with E-state index in [1.54, 1.807) is 11.3 Å². The SMILES string of the molecule is CCCCC(C)(Cc1cc(-c2ccc(C[C@H](OCC)C(=O)N3CCC(C)CC3)cc2)cs1)C(=O)NC(=O)O. The van der Waals surface area contributed by atoms with Crippen LogP contribution in [0.25, 0.3) is 11.1 Å². The molecule has 1 saturated heterocycles. The molecule has 2 heterocycles. The number of hydrogen-bond acceptors (Lipinski definition) is 5. The van der Waals surface area contributed by atoms with Crippen LogP contribution in [0.1, 0.15) is 70.2 Å². The lowest BCUT2D eigenvalue weighted by Gasteiger charge is -2.33. The van der Waals surface area contributed by atoms with Crippen molar-refractivity contribution in [3.63, 3.8) is 0 Å². The number of unbranched alkanes of at least 4 members (excludes halogenated alkanes) is 1. The van der Waals surface area contributed by atoms with Crippen molar-refractivity contribution >= 4 is 29.2 Å². The average Bonchev–Trinajstić information content (AvgIpc) is 3.35. The third-order valence-electron chi connectivity index (χ3n) is 7.52. The Kier molecular flexibility index (Phi) is 10.9. The molecule has 2 N–H and O–H groups in total. The first-order valence-corrected chi connectivity index (χ1v) is 14.6. The molecule has 3 rings (SSSR count). The normalized spacial score (nSPS) is 16.6. The maximum Gasteiger partial charge on any atom is 0.411 e. The maximum atomic E-state index is 13.1. The van der Waals surface area contributed by atoms with E-state index in [0.717, 1.165) is 60.3 Å². The minimum Gasteiger partial charge on any atom is -0.465 e. The Morgan fingerprint density at radius 1 is 1.16 bits per heavy atom. The first-order valence-electron chi connectivity index (χ1n) is 13.8. The lowest BCUT2D eigenvalue weighted by Crippen LogP contribution is -2.45. The lowest BCUT2D eigenvalue weighted by molar-refractivity contribution is -0.144. The van der Waals surface area contributed by atoms with Crippen molar-refractivity contribution in [1.82, 2.24) is 10.2 Å². The van der Waals surface area contributed by atoms with Crippen molar-refractivity contribution in [2.75, 3.05) is 19.7 Å². The lowest BCUT2D eigenvalue weighted by atomic mass is 9.80. The molecule has 1 aromatic carbocycles. The molecule has 0 spiro atoms. The van der Waals surface area contributed by atoms with Crippen molar-refractivity contribution in [3.05, 3.63) is 46.2 Å². The van der Waals surface area contributed by atoms with Gasteiger partial charge < -0.3 is 14.7 Å². The van der Waals surface area contributed by atoms with Gasteiger partial charge in [0.05, 0.1) is 5.41 Å². The number of benzene rings is 1. The molecule has 3 amide bonds. The van der Waals surface area contributed by atoms with E-state index in [9.17, 15) is 14.4 Å². The largest absolute Gasteiger partial charge is 0.465 e. The van der Waals surface area contributed by atoms with Crippen LogP contribution in [0.2, 0.25) is 0 Å². The number of carbonyl (C=O) groups excluding carboxylic acids is 2. The van der Waals surface area contributed by atoms with E-state index in [-0.39, 0.29) is 5.91 Å². The third kappa shape index (κ3) is 8.14. The van der Waals surface area contributed by atoms with E-state index in [1.165, 1.54) is 0 Å². The Bertz CT molecular complexity index is 1070. The number of imide groups is 1. The summed E-state index contributed by atoms with van der Waals surface area (Å²) < 4.78 is 5.86. The molecule has 1 aromatic heterocycles. The summed E-state index contributed by atoms with van der Waals surface area (Å²) in [4.78, 5) is 39.9. The number of thiophene rings is 1. The maximum absolute atomic E-state index is 13.1. The summed E-state index contributed by atoms with van der Waals surface area (Å²) in [5.41, 5.74) is 2.39. The second-order valence-corrected chi connectivity index (χ2v) is 11.8. The molecule has 2 atom stereocenters. The molecule has 0 aliphatic carbocycles. The molecule has 1 unspecified atom stereocenters. The van der Waals surface area contributed by atoms with Crippen LogP contribution >= 0.6 is 11.3 Å². The first kappa shape index (κ1) is 29.8. The van der Waals surface area contributed by atoms with Crippen LogP contribution in [0.5, 0.6) is 0 Å². The third-order valence-corrected chi connectivity index (χ3v) is 8.45. The second kappa shape index (κ2) is 13.9. The van der Waals surface area contributed by atoms with Gasteiger partial charge in [-0.15, -0.1) is 11.3 Å². The molecule has 0 radical (unpaired) electrons. The fourth-order valence-corrected chi connectivity index (χ4v) is 6.08. The van der Waals surface area contributed by atoms with Gasteiger partial charge in [0, 0.05) is 31.0 Å². The van der Waals surface area contributed by atoms with Crippen LogP contribution in [-0.2, 0) is 27.2 Å². The van der Waals surface area contributed by atoms with Gasteiger partial charge in [0.15, 0.2) is 0 Å². The number of likely N-dealkylation sites (tertiary alicyclic amines) is 1. The number of ether oxygens (including phenoxy) is 1. The summed E-state index contributed by atoms with van der Waals surface area (Å²) in [7, 11) is 0. The van der Waals surface area contributed by atoms with E-state index in [1.807, 2.05) is 18.7 Å². The van der Waals surface area contributed by atoms with Crippen LogP contribution in [0.4, 0.5) is 4.79 Å². The number of carbonyl (C=O) groups is 3. The van der Waals surface area contributed by atoms with Crippen LogP contribution in [-0.4, -0.2) is 53.7 Å². The van der Waals surface area contributed by atoms with Crippen molar-refractivity contribution in [2.24, 2.45) is 11.3 Å². The average molecular weight is 543 g/mol. The smallest absolute Gasteiger partial charge is 0.411 e. The van der Waals surface area contributed by atoms with Crippen LogP contribution < -0.4 is 5.32 Å². The number of nitrogens with one attached hydrogen (secondary N) is 1. The zero-order chi connectivity index (χ0) is 27.7. The van der Waals surface area contributed by atoms with Gasteiger partial charge >= 0.3 is 6.09 Å². The van der Waals surface area contributed by atoms with Crippen molar-refractivity contribution in [3.8, 4) is 11.1 Å². The zero-order valence-corrected chi connectivity index (χ0v) is 23.9. The fourth-order valence-electron chi connectivity index (χ4n) is 5.01. The molecule has 2 aromatic rings. The van der Waals surface area contributed by atoms with Gasteiger partial charge in [-0.1, -0.05) is 57.9 Å². The summed E-state index contributed by atoms with van der Waals surface area (Å²) in [5.74, 6) is 0.306. The number of amides is 3.